The third-order valence-electron chi connectivity index (χ3n) is 6.84. The van der Waals surface area contributed by atoms with Crippen LogP contribution in [0.5, 0.6) is 5.75 Å². The number of nitrogens with zero attached hydrogens (tertiary/aromatic N) is 4. The number of hydrogen-bond acceptors (Lipinski definition) is 7. The Balaban J connectivity index is 1.36. The van der Waals surface area contributed by atoms with Crippen molar-refractivity contribution in [3.63, 3.8) is 0 Å². The summed E-state index contributed by atoms with van der Waals surface area (Å²) in [5.41, 5.74) is 3.63. The number of sulfonamides is 1. The van der Waals surface area contributed by atoms with E-state index in [4.69, 9.17) is 4.74 Å². The summed E-state index contributed by atoms with van der Waals surface area (Å²) in [7, 11) is -3.94. The Labute approximate surface area is 229 Å². The maximum Gasteiger partial charge on any atom is 0.264 e. The third-order valence-corrected chi connectivity index (χ3v) is 8.64. The van der Waals surface area contributed by atoms with Gasteiger partial charge in [0.15, 0.2) is 0 Å². The molecule has 1 amide bonds. The highest BCUT2D eigenvalue weighted by atomic mass is 32.2. The van der Waals surface area contributed by atoms with Crippen molar-refractivity contribution in [3.05, 3.63) is 83.4 Å². The van der Waals surface area contributed by atoms with Crippen LogP contribution in [0.25, 0.3) is 0 Å². The van der Waals surface area contributed by atoms with Gasteiger partial charge in [-0.15, -0.1) is 5.10 Å². The second kappa shape index (κ2) is 10.5. The SMILES string of the molecule is Cc1ccc(S(=O)(=O)N2C=CNC(=O)C2Cc2cn(C3CCOc4cc(CNC(C)(C)C)ccc43)nn2)cc1. The summed E-state index contributed by atoms with van der Waals surface area (Å²) in [5, 5.41) is 14.8. The van der Waals surface area contributed by atoms with Gasteiger partial charge in [-0.1, -0.05) is 35.0 Å². The molecular formula is C28H34N6O4S. The van der Waals surface area contributed by atoms with Crippen LogP contribution in [0.2, 0.25) is 0 Å². The molecule has 39 heavy (non-hydrogen) atoms. The Kier molecular flexibility index (Phi) is 7.21. The minimum absolute atomic E-state index is 0.0104. The van der Waals surface area contributed by atoms with Crippen LogP contribution in [-0.4, -0.2) is 51.8 Å². The van der Waals surface area contributed by atoms with Gasteiger partial charge >= 0.3 is 0 Å². The highest BCUT2D eigenvalue weighted by molar-refractivity contribution is 7.89. The maximum atomic E-state index is 13.4. The van der Waals surface area contributed by atoms with E-state index in [1.165, 1.54) is 12.4 Å². The number of carbonyl (C=O) groups excluding carboxylic acids is 1. The Morgan fingerprint density at radius 3 is 2.67 bits per heavy atom. The summed E-state index contributed by atoms with van der Waals surface area (Å²) in [5.74, 6) is 0.402. The summed E-state index contributed by atoms with van der Waals surface area (Å²) in [6.07, 6.45) is 5.31. The van der Waals surface area contributed by atoms with E-state index < -0.39 is 22.0 Å². The smallest absolute Gasteiger partial charge is 0.264 e. The molecule has 2 atom stereocenters. The predicted octanol–water partition coefficient (Wildman–Crippen LogP) is 3.05. The topological polar surface area (TPSA) is 118 Å². The first-order valence-corrected chi connectivity index (χ1v) is 14.4. The summed E-state index contributed by atoms with van der Waals surface area (Å²) >= 11 is 0. The molecule has 10 nitrogen and oxygen atoms in total. The van der Waals surface area contributed by atoms with Crippen LogP contribution >= 0.6 is 0 Å². The Hall–Kier alpha value is -3.70. The fraction of sp³-hybridized carbons (Fsp3) is 0.393. The molecule has 3 aromatic rings. The van der Waals surface area contributed by atoms with Gasteiger partial charge in [0.2, 0.25) is 5.91 Å². The molecule has 0 spiro atoms. The lowest BCUT2D eigenvalue weighted by Gasteiger charge is -2.31. The number of hydrogen-bond donors (Lipinski definition) is 2. The molecule has 5 rings (SSSR count). The fourth-order valence-electron chi connectivity index (χ4n) is 4.70. The van der Waals surface area contributed by atoms with E-state index in [0.29, 0.717) is 12.3 Å². The van der Waals surface area contributed by atoms with Gasteiger partial charge in [-0.05, 0) is 51.5 Å². The van der Waals surface area contributed by atoms with E-state index >= 15 is 0 Å². The van der Waals surface area contributed by atoms with Crippen LogP contribution in [0.15, 0.2) is 66.0 Å². The van der Waals surface area contributed by atoms with Gasteiger partial charge in [0, 0.05) is 49.1 Å². The molecule has 2 aliphatic heterocycles. The first kappa shape index (κ1) is 26.9. The molecule has 2 unspecified atom stereocenters. The molecule has 0 radical (unpaired) electrons. The van der Waals surface area contributed by atoms with Crippen molar-refractivity contribution >= 4 is 15.9 Å². The molecule has 3 heterocycles. The lowest BCUT2D eigenvalue weighted by molar-refractivity contribution is -0.124. The second-order valence-electron chi connectivity index (χ2n) is 11.0. The number of aromatic nitrogens is 3. The minimum atomic E-state index is -3.94. The van der Waals surface area contributed by atoms with E-state index in [-0.39, 0.29) is 22.9 Å². The summed E-state index contributed by atoms with van der Waals surface area (Å²) < 4.78 is 35.6. The molecule has 2 N–H and O–H groups in total. The zero-order valence-corrected chi connectivity index (χ0v) is 23.4. The maximum absolute atomic E-state index is 13.4. The van der Waals surface area contributed by atoms with Gasteiger partial charge in [0.25, 0.3) is 10.0 Å². The monoisotopic (exact) mass is 550 g/mol. The highest BCUT2D eigenvalue weighted by Gasteiger charge is 2.36. The number of aryl methyl sites for hydroxylation is 1. The summed E-state index contributed by atoms with van der Waals surface area (Å²) in [6.45, 7) is 9.55. The van der Waals surface area contributed by atoms with Gasteiger partial charge < -0.3 is 15.4 Å². The van der Waals surface area contributed by atoms with Gasteiger partial charge in [-0.2, -0.15) is 0 Å². The van der Waals surface area contributed by atoms with E-state index in [2.05, 4.69) is 59.9 Å². The first-order chi connectivity index (χ1) is 18.5. The molecule has 0 saturated carbocycles. The molecular weight excluding hydrogens is 516 g/mol. The lowest BCUT2D eigenvalue weighted by atomic mass is 9.98. The Morgan fingerprint density at radius 2 is 1.92 bits per heavy atom. The fourth-order valence-corrected chi connectivity index (χ4v) is 6.14. The lowest BCUT2D eigenvalue weighted by Crippen LogP contribution is -2.50. The van der Waals surface area contributed by atoms with E-state index in [1.54, 1.807) is 35.1 Å². The molecule has 0 fully saturated rings. The highest BCUT2D eigenvalue weighted by Crippen LogP contribution is 2.35. The zero-order chi connectivity index (χ0) is 27.8. The van der Waals surface area contributed by atoms with Crippen LogP contribution in [0.4, 0.5) is 0 Å². The molecule has 2 aromatic carbocycles. The standard InChI is InChI=1S/C28H34N6O4S/c1-19-5-8-22(9-6-19)39(36,37)34-13-12-29-27(35)25(34)16-21-18-33(32-31-21)24-11-14-38-26-15-20(7-10-23(24)26)17-30-28(2,3)4/h5-10,12-13,15,18,24-25,30H,11,14,16-17H2,1-4H3,(H,29,35). The van der Waals surface area contributed by atoms with Crippen LogP contribution in [0.3, 0.4) is 0 Å². The van der Waals surface area contributed by atoms with Crippen LogP contribution in [-0.2, 0) is 27.8 Å². The quantitative estimate of drug-likeness (QED) is 0.464. The van der Waals surface area contributed by atoms with Gasteiger partial charge in [-0.3, -0.25) is 9.10 Å². The molecule has 206 valence electrons. The molecule has 0 bridgehead atoms. The van der Waals surface area contributed by atoms with Crippen molar-refractivity contribution in [3.8, 4) is 5.75 Å². The first-order valence-electron chi connectivity index (χ1n) is 13.0. The average molecular weight is 551 g/mol. The largest absolute Gasteiger partial charge is 0.493 e. The van der Waals surface area contributed by atoms with Crippen molar-refractivity contribution < 1.29 is 17.9 Å². The molecule has 11 heteroatoms. The van der Waals surface area contributed by atoms with Crippen molar-refractivity contribution in [2.45, 2.75) is 69.6 Å². The van der Waals surface area contributed by atoms with Gasteiger partial charge in [0.1, 0.15) is 11.8 Å². The number of nitrogens with one attached hydrogen (secondary N) is 2. The number of carbonyl (C=O) groups is 1. The minimum Gasteiger partial charge on any atom is -0.493 e. The van der Waals surface area contributed by atoms with Crippen molar-refractivity contribution in [1.82, 2.24) is 29.9 Å². The van der Waals surface area contributed by atoms with Crippen LogP contribution in [0.1, 0.15) is 55.6 Å². The van der Waals surface area contributed by atoms with Crippen LogP contribution in [0, 0.1) is 6.92 Å². The summed E-state index contributed by atoms with van der Waals surface area (Å²) in [6, 6.07) is 11.7. The average Bonchev–Trinajstić information content (AvgIpc) is 3.36. The predicted molar refractivity (Wildman–Crippen MR) is 146 cm³/mol. The van der Waals surface area contributed by atoms with Crippen LogP contribution < -0.4 is 15.4 Å². The number of fused-ring (bicyclic) bond motifs is 1. The third kappa shape index (κ3) is 5.84. The number of amides is 1. The summed E-state index contributed by atoms with van der Waals surface area (Å²) in [4.78, 5) is 12.9. The van der Waals surface area contributed by atoms with Crippen molar-refractivity contribution in [2.24, 2.45) is 0 Å². The zero-order valence-electron chi connectivity index (χ0n) is 22.6. The molecule has 0 saturated heterocycles. The van der Waals surface area contributed by atoms with E-state index in [1.807, 2.05) is 6.92 Å². The van der Waals surface area contributed by atoms with Crippen molar-refractivity contribution in [2.75, 3.05) is 6.61 Å². The number of rotatable bonds is 7. The number of ether oxygens (including phenoxy) is 1. The van der Waals surface area contributed by atoms with E-state index in [0.717, 1.165) is 39.7 Å². The Morgan fingerprint density at radius 1 is 1.15 bits per heavy atom. The van der Waals surface area contributed by atoms with Crippen molar-refractivity contribution in [1.29, 1.82) is 0 Å². The second-order valence-corrected chi connectivity index (χ2v) is 12.9. The van der Waals surface area contributed by atoms with E-state index in [9.17, 15) is 13.2 Å². The van der Waals surface area contributed by atoms with Gasteiger partial charge in [0.05, 0.1) is 23.2 Å². The van der Waals surface area contributed by atoms with Gasteiger partial charge in [-0.25, -0.2) is 13.1 Å². The number of benzene rings is 2. The normalized spacial score (nSPS) is 19.4. The molecule has 2 aliphatic rings. The Bertz CT molecular complexity index is 1490. The molecule has 0 aliphatic carbocycles. The molecule has 1 aromatic heterocycles.